The van der Waals surface area contributed by atoms with E-state index in [0.717, 1.165) is 46.9 Å². The van der Waals surface area contributed by atoms with E-state index in [2.05, 4.69) is 45.9 Å². The van der Waals surface area contributed by atoms with E-state index in [1.807, 2.05) is 31.5 Å². The molecule has 3 heterocycles. The average Bonchev–Trinajstić information content (AvgIpc) is 2.99. The number of likely N-dealkylation sites (tertiary alicyclic amines) is 1. The summed E-state index contributed by atoms with van der Waals surface area (Å²) in [6.07, 6.45) is 5.18. The van der Waals surface area contributed by atoms with E-state index in [1.54, 1.807) is 11.1 Å². The number of amides is 1. The summed E-state index contributed by atoms with van der Waals surface area (Å²) in [5.74, 6) is 0.742. The Hall–Kier alpha value is -1.65. The number of carbonyl (C=O) groups is 1. The van der Waals surface area contributed by atoms with Crippen LogP contribution in [0.4, 0.5) is 10.6 Å². The van der Waals surface area contributed by atoms with Crippen LogP contribution in [0.1, 0.15) is 33.6 Å². The van der Waals surface area contributed by atoms with Crippen molar-refractivity contribution in [3.05, 3.63) is 16.9 Å². The standard InChI is InChI=1S/C22H36BrN5O3Si/c1-22(2,3)31-21(29)27-9-7-16(8-10-27)25-18-13-24-20-19(26-18)17(23)14-28(20)15-30-11-12-32(4,5)6/h13-14,16H,7-12,15H2,1-6H3,(H,25,26). The number of nitrogens with one attached hydrogen (secondary N) is 1. The quantitative estimate of drug-likeness (QED) is 0.389. The highest BCUT2D eigenvalue weighted by molar-refractivity contribution is 9.10. The Bertz CT molecular complexity index is 930. The number of aromatic nitrogens is 3. The third-order valence-corrected chi connectivity index (χ3v) is 7.53. The van der Waals surface area contributed by atoms with Gasteiger partial charge in [0.25, 0.3) is 0 Å². The van der Waals surface area contributed by atoms with E-state index in [-0.39, 0.29) is 12.1 Å². The molecule has 2 aromatic heterocycles. The molecule has 1 fully saturated rings. The van der Waals surface area contributed by atoms with E-state index in [4.69, 9.17) is 14.5 Å². The molecule has 1 N–H and O–H groups in total. The summed E-state index contributed by atoms with van der Waals surface area (Å²) in [6.45, 7) is 15.3. The van der Waals surface area contributed by atoms with Crippen molar-refractivity contribution in [3.8, 4) is 0 Å². The van der Waals surface area contributed by atoms with Gasteiger partial charge in [-0.05, 0) is 55.6 Å². The van der Waals surface area contributed by atoms with Gasteiger partial charge < -0.3 is 24.3 Å². The summed E-state index contributed by atoms with van der Waals surface area (Å²) in [4.78, 5) is 23.4. The van der Waals surface area contributed by atoms with Gasteiger partial charge in [-0.1, -0.05) is 19.6 Å². The topological polar surface area (TPSA) is 81.5 Å². The second-order valence-electron chi connectivity index (χ2n) is 10.6. The number of anilines is 1. The van der Waals surface area contributed by atoms with Crippen LogP contribution in [0.2, 0.25) is 25.7 Å². The lowest BCUT2D eigenvalue weighted by molar-refractivity contribution is 0.0210. The van der Waals surface area contributed by atoms with Crippen molar-refractivity contribution in [2.24, 2.45) is 0 Å². The van der Waals surface area contributed by atoms with Crippen molar-refractivity contribution in [2.45, 2.75) is 77.7 Å². The molecule has 0 aliphatic carbocycles. The van der Waals surface area contributed by atoms with E-state index >= 15 is 0 Å². The minimum Gasteiger partial charge on any atom is -0.444 e. The van der Waals surface area contributed by atoms with Crippen LogP contribution in [0, 0.1) is 0 Å². The number of nitrogens with zero attached hydrogens (tertiary/aromatic N) is 4. The lowest BCUT2D eigenvalue weighted by Crippen LogP contribution is -2.44. The fourth-order valence-corrected chi connectivity index (χ4v) is 4.73. The molecule has 0 saturated carbocycles. The van der Waals surface area contributed by atoms with E-state index in [0.29, 0.717) is 19.8 Å². The van der Waals surface area contributed by atoms with Crippen molar-refractivity contribution in [2.75, 3.05) is 25.0 Å². The predicted octanol–water partition coefficient (Wildman–Crippen LogP) is 5.32. The molecule has 1 aliphatic heterocycles. The van der Waals surface area contributed by atoms with Crippen LogP contribution in [-0.2, 0) is 16.2 Å². The summed E-state index contributed by atoms with van der Waals surface area (Å²) >= 11 is 3.61. The largest absolute Gasteiger partial charge is 0.444 e. The van der Waals surface area contributed by atoms with Gasteiger partial charge in [0.2, 0.25) is 0 Å². The van der Waals surface area contributed by atoms with Crippen molar-refractivity contribution < 1.29 is 14.3 Å². The molecule has 0 bridgehead atoms. The van der Waals surface area contributed by atoms with Gasteiger partial charge in [-0.25, -0.2) is 14.8 Å². The Balaban J connectivity index is 1.55. The van der Waals surface area contributed by atoms with Crippen LogP contribution in [0.15, 0.2) is 16.9 Å². The zero-order valence-electron chi connectivity index (χ0n) is 20.1. The lowest BCUT2D eigenvalue weighted by Gasteiger charge is -2.33. The summed E-state index contributed by atoms with van der Waals surface area (Å²) in [7, 11) is -1.10. The number of rotatable bonds is 7. The normalized spacial score (nSPS) is 15.9. The Kier molecular flexibility index (Phi) is 7.88. The number of hydrogen-bond donors (Lipinski definition) is 1. The number of piperidine rings is 1. The van der Waals surface area contributed by atoms with Gasteiger partial charge in [-0.3, -0.25) is 0 Å². The van der Waals surface area contributed by atoms with Gasteiger partial charge in [0.15, 0.2) is 5.65 Å². The number of halogens is 1. The van der Waals surface area contributed by atoms with Gasteiger partial charge in [-0.2, -0.15) is 0 Å². The van der Waals surface area contributed by atoms with Crippen molar-refractivity contribution in [3.63, 3.8) is 0 Å². The first kappa shape index (κ1) is 25.0. The third kappa shape index (κ3) is 7.18. The number of fused-ring (bicyclic) bond motifs is 1. The Morgan fingerprint density at radius 2 is 1.97 bits per heavy atom. The van der Waals surface area contributed by atoms with E-state index in [1.165, 1.54) is 0 Å². The maximum absolute atomic E-state index is 12.3. The minimum atomic E-state index is -1.10. The van der Waals surface area contributed by atoms with Gasteiger partial charge in [0.1, 0.15) is 23.7 Å². The lowest BCUT2D eigenvalue weighted by atomic mass is 10.1. The van der Waals surface area contributed by atoms with Crippen LogP contribution in [0.5, 0.6) is 0 Å². The Morgan fingerprint density at radius 3 is 2.59 bits per heavy atom. The highest BCUT2D eigenvalue weighted by Crippen LogP contribution is 2.25. The summed E-state index contributed by atoms with van der Waals surface area (Å²) in [5.41, 5.74) is 1.14. The van der Waals surface area contributed by atoms with Crippen LogP contribution in [0.25, 0.3) is 11.2 Å². The van der Waals surface area contributed by atoms with Crippen LogP contribution in [-0.4, -0.2) is 64.9 Å². The molecule has 0 spiro atoms. The van der Waals surface area contributed by atoms with Gasteiger partial charge in [0, 0.05) is 40.0 Å². The molecule has 1 amide bonds. The highest BCUT2D eigenvalue weighted by Gasteiger charge is 2.27. The maximum atomic E-state index is 12.3. The zero-order valence-corrected chi connectivity index (χ0v) is 22.7. The molecule has 0 radical (unpaired) electrons. The first-order chi connectivity index (χ1) is 14.9. The molecule has 3 rings (SSSR count). The number of ether oxygens (including phenoxy) is 2. The molecule has 8 nitrogen and oxygen atoms in total. The molecular weight excluding hydrogens is 490 g/mol. The molecule has 178 valence electrons. The SMILES string of the molecule is CC(C)(C)OC(=O)N1CCC(Nc2cnc3c(n2)c(Br)cn3COCC[Si](C)(C)C)CC1. The van der Waals surface area contributed by atoms with Crippen LogP contribution >= 0.6 is 15.9 Å². The van der Waals surface area contributed by atoms with Crippen molar-refractivity contribution in [1.29, 1.82) is 0 Å². The highest BCUT2D eigenvalue weighted by atomic mass is 79.9. The van der Waals surface area contributed by atoms with Gasteiger partial charge >= 0.3 is 6.09 Å². The number of carbonyl (C=O) groups excluding carboxylic acids is 1. The molecule has 2 aromatic rings. The number of hydrogen-bond acceptors (Lipinski definition) is 6. The molecule has 1 aliphatic rings. The van der Waals surface area contributed by atoms with E-state index < -0.39 is 13.7 Å². The molecule has 1 saturated heterocycles. The smallest absolute Gasteiger partial charge is 0.410 e. The summed E-state index contributed by atoms with van der Waals surface area (Å²) in [5, 5.41) is 3.48. The molecule has 0 atom stereocenters. The van der Waals surface area contributed by atoms with E-state index in [9.17, 15) is 4.79 Å². The van der Waals surface area contributed by atoms with Crippen molar-refractivity contribution in [1.82, 2.24) is 19.4 Å². The Morgan fingerprint density at radius 1 is 1.28 bits per heavy atom. The fraction of sp³-hybridized carbons (Fsp3) is 0.682. The molecule has 0 unspecified atom stereocenters. The third-order valence-electron chi connectivity index (χ3n) is 5.25. The molecule has 0 aromatic carbocycles. The minimum absolute atomic E-state index is 0.241. The predicted molar refractivity (Wildman–Crippen MR) is 134 cm³/mol. The zero-order chi connectivity index (χ0) is 23.5. The maximum Gasteiger partial charge on any atom is 0.410 e. The van der Waals surface area contributed by atoms with Crippen LogP contribution < -0.4 is 5.32 Å². The summed E-state index contributed by atoms with van der Waals surface area (Å²) in [6, 6.07) is 1.38. The monoisotopic (exact) mass is 525 g/mol. The first-order valence-electron chi connectivity index (χ1n) is 11.2. The van der Waals surface area contributed by atoms with Crippen LogP contribution in [0.3, 0.4) is 0 Å². The molecule has 32 heavy (non-hydrogen) atoms. The molecule has 10 heteroatoms. The second-order valence-corrected chi connectivity index (χ2v) is 17.1. The van der Waals surface area contributed by atoms with Gasteiger partial charge in [-0.15, -0.1) is 0 Å². The molecular formula is C22H36BrN5O3Si. The second kappa shape index (κ2) is 10.1. The average molecular weight is 527 g/mol. The van der Waals surface area contributed by atoms with Gasteiger partial charge in [0.05, 0.1) is 10.7 Å². The first-order valence-corrected chi connectivity index (χ1v) is 15.7. The summed E-state index contributed by atoms with van der Waals surface area (Å²) < 4.78 is 14.2. The Labute approximate surface area is 200 Å². The fourth-order valence-electron chi connectivity index (χ4n) is 3.46. The van der Waals surface area contributed by atoms with Crippen molar-refractivity contribution >= 4 is 47.1 Å².